The minimum atomic E-state index is -0.600. The van der Waals surface area contributed by atoms with Gasteiger partial charge in [-0.15, -0.1) is 0 Å². The fourth-order valence-corrected chi connectivity index (χ4v) is 2.52. The van der Waals surface area contributed by atoms with Crippen LogP contribution in [0.4, 0.5) is 10.1 Å². The zero-order valence-corrected chi connectivity index (χ0v) is 12.8. The quantitative estimate of drug-likeness (QED) is 0.448. The number of hydrogen-bond donors (Lipinski definition) is 0. The molecule has 0 fully saturated rings. The fraction of sp³-hybridized carbons (Fsp3) is 0.0714. The van der Waals surface area contributed by atoms with Gasteiger partial charge in [-0.1, -0.05) is 33.6 Å². The Balaban J connectivity index is 2.35. The SMILES string of the molecule is O=C(Cc1c(F)cccc1Cl)c1cc(Br)cc([N+](=O)[O-])c1. The normalized spacial score (nSPS) is 10.4. The zero-order valence-electron chi connectivity index (χ0n) is 10.5. The molecule has 0 unspecified atom stereocenters. The third-order valence-corrected chi connectivity index (χ3v) is 3.63. The third-order valence-electron chi connectivity index (χ3n) is 2.81. The lowest BCUT2D eigenvalue weighted by molar-refractivity contribution is -0.385. The van der Waals surface area contributed by atoms with E-state index in [1.165, 1.54) is 30.3 Å². The van der Waals surface area contributed by atoms with Crippen molar-refractivity contribution in [2.45, 2.75) is 6.42 Å². The first kappa shape index (κ1) is 15.6. The Morgan fingerprint density at radius 1 is 1.33 bits per heavy atom. The van der Waals surface area contributed by atoms with Crippen LogP contribution < -0.4 is 0 Å². The van der Waals surface area contributed by atoms with Crippen LogP contribution in [0.2, 0.25) is 5.02 Å². The van der Waals surface area contributed by atoms with E-state index in [1.807, 2.05) is 0 Å². The van der Waals surface area contributed by atoms with Gasteiger partial charge in [0.15, 0.2) is 5.78 Å². The van der Waals surface area contributed by atoms with Crippen LogP contribution in [0.5, 0.6) is 0 Å². The van der Waals surface area contributed by atoms with Crippen molar-refractivity contribution in [2.24, 2.45) is 0 Å². The summed E-state index contributed by atoms with van der Waals surface area (Å²) in [7, 11) is 0. The second-order valence-electron chi connectivity index (χ2n) is 4.26. The number of nitro groups is 1. The summed E-state index contributed by atoms with van der Waals surface area (Å²) in [6.45, 7) is 0. The molecule has 0 amide bonds. The van der Waals surface area contributed by atoms with Crippen molar-refractivity contribution in [3.8, 4) is 0 Å². The first-order valence-electron chi connectivity index (χ1n) is 5.79. The van der Waals surface area contributed by atoms with Crippen LogP contribution in [0.1, 0.15) is 15.9 Å². The zero-order chi connectivity index (χ0) is 15.6. The summed E-state index contributed by atoms with van der Waals surface area (Å²) in [4.78, 5) is 22.4. The van der Waals surface area contributed by atoms with Crippen molar-refractivity contribution in [1.82, 2.24) is 0 Å². The summed E-state index contributed by atoms with van der Waals surface area (Å²) in [6, 6.07) is 8.02. The van der Waals surface area contributed by atoms with Crippen LogP contribution in [0.3, 0.4) is 0 Å². The Morgan fingerprint density at radius 3 is 2.67 bits per heavy atom. The number of Topliss-reactive ketones (excluding diaryl/α,β-unsaturated/α-hetero) is 1. The second-order valence-corrected chi connectivity index (χ2v) is 5.58. The maximum absolute atomic E-state index is 13.7. The maximum Gasteiger partial charge on any atom is 0.271 e. The van der Waals surface area contributed by atoms with Crippen LogP contribution >= 0.6 is 27.5 Å². The van der Waals surface area contributed by atoms with Gasteiger partial charge in [0, 0.05) is 39.2 Å². The molecule has 0 N–H and O–H groups in total. The number of benzene rings is 2. The average molecular weight is 373 g/mol. The molecule has 0 bridgehead atoms. The average Bonchev–Trinajstić information content (AvgIpc) is 2.42. The van der Waals surface area contributed by atoms with Crippen molar-refractivity contribution < 1.29 is 14.1 Å². The minimum Gasteiger partial charge on any atom is -0.294 e. The van der Waals surface area contributed by atoms with Crippen LogP contribution in [-0.4, -0.2) is 10.7 Å². The van der Waals surface area contributed by atoms with E-state index >= 15 is 0 Å². The van der Waals surface area contributed by atoms with Crippen molar-refractivity contribution in [2.75, 3.05) is 0 Å². The van der Waals surface area contributed by atoms with Gasteiger partial charge in [0.05, 0.1) is 4.92 Å². The predicted octanol–water partition coefficient (Wildman–Crippen LogP) is 4.58. The molecule has 0 aromatic heterocycles. The summed E-state index contributed by atoms with van der Waals surface area (Å²) in [6.07, 6.45) is -0.265. The summed E-state index contributed by atoms with van der Waals surface area (Å²) < 4.78 is 14.1. The van der Waals surface area contributed by atoms with Gasteiger partial charge in [-0.05, 0) is 18.2 Å². The number of hydrogen-bond acceptors (Lipinski definition) is 3. The number of halogens is 3. The molecule has 7 heteroatoms. The van der Waals surface area contributed by atoms with Gasteiger partial charge in [0.2, 0.25) is 0 Å². The van der Waals surface area contributed by atoms with Gasteiger partial charge in [-0.2, -0.15) is 0 Å². The van der Waals surface area contributed by atoms with Gasteiger partial charge >= 0.3 is 0 Å². The summed E-state index contributed by atoms with van der Waals surface area (Å²) in [5.74, 6) is -1.04. The number of nitro benzene ring substituents is 1. The lowest BCUT2D eigenvalue weighted by atomic mass is 10.0. The Kier molecular flexibility index (Phi) is 4.69. The Labute approximate surface area is 132 Å². The van der Waals surface area contributed by atoms with E-state index in [9.17, 15) is 19.3 Å². The molecular formula is C14H8BrClFNO3. The molecule has 0 atom stereocenters. The molecule has 0 saturated heterocycles. The first-order valence-corrected chi connectivity index (χ1v) is 6.96. The largest absolute Gasteiger partial charge is 0.294 e. The van der Waals surface area contributed by atoms with Crippen molar-refractivity contribution in [3.63, 3.8) is 0 Å². The van der Waals surface area contributed by atoms with Crippen LogP contribution in [-0.2, 0) is 6.42 Å². The van der Waals surface area contributed by atoms with Crippen molar-refractivity contribution in [3.05, 3.63) is 73.0 Å². The van der Waals surface area contributed by atoms with Gasteiger partial charge < -0.3 is 0 Å². The number of non-ortho nitro benzene ring substituents is 1. The smallest absolute Gasteiger partial charge is 0.271 e. The van der Waals surface area contributed by atoms with E-state index in [2.05, 4.69) is 15.9 Å². The van der Waals surface area contributed by atoms with E-state index in [4.69, 9.17) is 11.6 Å². The molecule has 0 radical (unpaired) electrons. The predicted molar refractivity (Wildman–Crippen MR) is 80.2 cm³/mol. The summed E-state index contributed by atoms with van der Waals surface area (Å²) >= 11 is 8.97. The van der Waals surface area contributed by atoms with Crippen LogP contribution in [0, 0.1) is 15.9 Å². The lowest BCUT2D eigenvalue weighted by Gasteiger charge is -2.06. The number of rotatable bonds is 4. The molecule has 0 spiro atoms. The Morgan fingerprint density at radius 2 is 2.05 bits per heavy atom. The highest BCUT2D eigenvalue weighted by Gasteiger charge is 2.17. The third kappa shape index (κ3) is 3.65. The summed E-state index contributed by atoms with van der Waals surface area (Å²) in [5.41, 5.74) is -0.0189. The molecule has 108 valence electrons. The molecule has 0 heterocycles. The highest BCUT2D eigenvalue weighted by atomic mass is 79.9. The molecule has 21 heavy (non-hydrogen) atoms. The van der Waals surface area contributed by atoms with Crippen molar-refractivity contribution in [1.29, 1.82) is 0 Å². The molecule has 2 aromatic carbocycles. The highest BCUT2D eigenvalue weighted by molar-refractivity contribution is 9.10. The van der Waals surface area contributed by atoms with E-state index in [1.54, 1.807) is 0 Å². The number of ketones is 1. The Bertz CT molecular complexity index is 716. The molecule has 0 aliphatic heterocycles. The van der Waals surface area contributed by atoms with Gasteiger partial charge in [-0.3, -0.25) is 14.9 Å². The topological polar surface area (TPSA) is 60.2 Å². The minimum absolute atomic E-state index is 0.0757. The second kappa shape index (κ2) is 6.32. The van der Waals surface area contributed by atoms with Crippen LogP contribution in [0.25, 0.3) is 0 Å². The molecule has 2 aromatic rings. The summed E-state index contributed by atoms with van der Waals surface area (Å²) in [5, 5.41) is 10.9. The van der Waals surface area contributed by atoms with Gasteiger partial charge in [0.1, 0.15) is 5.82 Å². The molecule has 4 nitrogen and oxygen atoms in total. The van der Waals surface area contributed by atoms with Crippen LogP contribution in [0.15, 0.2) is 40.9 Å². The lowest BCUT2D eigenvalue weighted by Crippen LogP contribution is -2.06. The molecule has 0 aliphatic carbocycles. The fourth-order valence-electron chi connectivity index (χ4n) is 1.80. The number of nitrogens with zero attached hydrogens (tertiary/aromatic N) is 1. The Hall–Kier alpha value is -1.79. The van der Waals surface area contributed by atoms with E-state index in [0.29, 0.717) is 4.47 Å². The monoisotopic (exact) mass is 371 g/mol. The van der Waals surface area contributed by atoms with E-state index < -0.39 is 16.5 Å². The first-order chi connectivity index (χ1) is 9.88. The van der Waals surface area contributed by atoms with Crippen molar-refractivity contribution >= 4 is 39.0 Å². The maximum atomic E-state index is 13.7. The van der Waals surface area contributed by atoms with E-state index in [-0.39, 0.29) is 28.3 Å². The molecule has 2 rings (SSSR count). The van der Waals surface area contributed by atoms with Gasteiger partial charge in [0.25, 0.3) is 5.69 Å². The molecule has 0 saturated carbocycles. The standard InChI is InChI=1S/C14H8BrClFNO3/c15-9-4-8(5-10(6-9)18(20)21)14(19)7-11-12(16)2-1-3-13(11)17/h1-6H,7H2. The highest BCUT2D eigenvalue weighted by Crippen LogP contribution is 2.25. The number of carbonyl (C=O) groups is 1. The molecular weight excluding hydrogens is 365 g/mol. The van der Waals surface area contributed by atoms with Gasteiger partial charge in [-0.25, -0.2) is 4.39 Å². The molecule has 0 aliphatic rings. The number of carbonyl (C=O) groups excluding carboxylic acids is 1. The van der Waals surface area contributed by atoms with E-state index in [0.717, 1.165) is 6.07 Å².